The first-order valence-electron chi connectivity index (χ1n) is 8.12. The standard InChI is InChI=1S/C19H23ClN2O3S/c1-19(2,3)14-9-5-8-12-17(14)22(26(4,24)25)13-18(23)21-16-11-7-6-10-15(16)20/h5-12H,13H2,1-4H3,(H,21,23). The quantitative estimate of drug-likeness (QED) is 0.832. The lowest BCUT2D eigenvalue weighted by Gasteiger charge is -2.29. The van der Waals surface area contributed by atoms with Gasteiger partial charge >= 0.3 is 0 Å². The van der Waals surface area contributed by atoms with Crippen LogP contribution in [-0.2, 0) is 20.2 Å². The third kappa shape index (κ3) is 4.99. The molecule has 0 aliphatic rings. The maximum Gasteiger partial charge on any atom is 0.245 e. The van der Waals surface area contributed by atoms with Crippen LogP contribution in [0.15, 0.2) is 48.5 Å². The fourth-order valence-electron chi connectivity index (χ4n) is 2.59. The van der Waals surface area contributed by atoms with Crippen LogP contribution in [0, 0.1) is 0 Å². The molecule has 0 heterocycles. The van der Waals surface area contributed by atoms with Crippen molar-refractivity contribution in [2.24, 2.45) is 0 Å². The average Bonchev–Trinajstić information content (AvgIpc) is 2.53. The Bertz CT molecular complexity index is 905. The Morgan fingerprint density at radius 3 is 2.23 bits per heavy atom. The number of benzene rings is 2. The van der Waals surface area contributed by atoms with Crippen LogP contribution in [0.2, 0.25) is 5.02 Å². The van der Waals surface area contributed by atoms with Crippen LogP contribution in [0.1, 0.15) is 26.3 Å². The highest BCUT2D eigenvalue weighted by Gasteiger charge is 2.27. The third-order valence-electron chi connectivity index (χ3n) is 3.82. The van der Waals surface area contributed by atoms with Gasteiger partial charge in [0.1, 0.15) is 6.54 Å². The van der Waals surface area contributed by atoms with E-state index in [2.05, 4.69) is 5.32 Å². The Kier molecular flexibility index (Phi) is 5.98. The van der Waals surface area contributed by atoms with Gasteiger partial charge in [-0.15, -0.1) is 0 Å². The van der Waals surface area contributed by atoms with Gasteiger partial charge < -0.3 is 5.32 Å². The van der Waals surface area contributed by atoms with Crippen molar-refractivity contribution in [2.75, 3.05) is 22.4 Å². The summed E-state index contributed by atoms with van der Waals surface area (Å²) in [7, 11) is -3.66. The average molecular weight is 395 g/mol. The lowest BCUT2D eigenvalue weighted by atomic mass is 9.86. The van der Waals surface area contributed by atoms with Crippen LogP contribution in [0.25, 0.3) is 0 Å². The van der Waals surface area contributed by atoms with Crippen LogP contribution in [0.5, 0.6) is 0 Å². The molecule has 0 aromatic heterocycles. The van der Waals surface area contributed by atoms with Crippen LogP contribution in [0.3, 0.4) is 0 Å². The van der Waals surface area contributed by atoms with Crippen LogP contribution < -0.4 is 9.62 Å². The van der Waals surface area contributed by atoms with Crippen LogP contribution in [0.4, 0.5) is 11.4 Å². The fraction of sp³-hybridized carbons (Fsp3) is 0.316. The summed E-state index contributed by atoms with van der Waals surface area (Å²) in [5, 5.41) is 3.05. The van der Waals surface area contributed by atoms with Gasteiger partial charge in [-0.1, -0.05) is 62.7 Å². The normalized spacial score (nSPS) is 11.9. The van der Waals surface area contributed by atoms with Crippen molar-refractivity contribution < 1.29 is 13.2 Å². The fourth-order valence-corrected chi connectivity index (χ4v) is 3.64. The second-order valence-corrected chi connectivity index (χ2v) is 9.38. The van der Waals surface area contributed by atoms with E-state index in [1.807, 2.05) is 32.9 Å². The van der Waals surface area contributed by atoms with E-state index < -0.39 is 15.9 Å². The van der Waals surface area contributed by atoms with Crippen molar-refractivity contribution in [1.82, 2.24) is 0 Å². The molecule has 2 aromatic rings. The molecule has 0 fully saturated rings. The Morgan fingerprint density at radius 2 is 1.65 bits per heavy atom. The number of nitrogens with one attached hydrogen (secondary N) is 1. The molecule has 0 radical (unpaired) electrons. The molecule has 140 valence electrons. The van der Waals surface area contributed by atoms with Crippen molar-refractivity contribution in [2.45, 2.75) is 26.2 Å². The van der Waals surface area contributed by atoms with Gasteiger partial charge in [0.2, 0.25) is 15.9 Å². The molecule has 0 saturated heterocycles. The van der Waals surface area contributed by atoms with Crippen molar-refractivity contribution >= 4 is 38.9 Å². The molecule has 1 amide bonds. The number of carbonyl (C=O) groups is 1. The minimum absolute atomic E-state index is 0.279. The zero-order valence-corrected chi connectivity index (χ0v) is 16.9. The van der Waals surface area contributed by atoms with Crippen molar-refractivity contribution in [1.29, 1.82) is 0 Å². The van der Waals surface area contributed by atoms with Gasteiger partial charge in [0.25, 0.3) is 0 Å². The van der Waals surface area contributed by atoms with E-state index in [1.165, 1.54) is 0 Å². The molecule has 2 aromatic carbocycles. The monoisotopic (exact) mass is 394 g/mol. The summed E-state index contributed by atoms with van der Waals surface area (Å²) in [5.74, 6) is -0.466. The van der Waals surface area contributed by atoms with E-state index in [0.717, 1.165) is 16.1 Å². The number of hydrogen-bond acceptors (Lipinski definition) is 3. The lowest BCUT2D eigenvalue weighted by molar-refractivity contribution is -0.114. The molecule has 5 nitrogen and oxygen atoms in total. The molecule has 7 heteroatoms. The van der Waals surface area contributed by atoms with E-state index >= 15 is 0 Å². The summed E-state index contributed by atoms with van der Waals surface area (Å²) >= 11 is 6.05. The summed E-state index contributed by atoms with van der Waals surface area (Å²) in [5.41, 5.74) is 1.50. The molecule has 0 saturated carbocycles. The molecule has 0 aliphatic heterocycles. The van der Waals surface area contributed by atoms with Crippen LogP contribution >= 0.6 is 11.6 Å². The second-order valence-electron chi connectivity index (χ2n) is 7.06. The number of carbonyl (C=O) groups excluding carboxylic acids is 1. The van der Waals surface area contributed by atoms with Gasteiger partial charge in [-0.25, -0.2) is 8.42 Å². The highest BCUT2D eigenvalue weighted by Crippen LogP contribution is 2.33. The zero-order chi connectivity index (χ0) is 19.5. The Morgan fingerprint density at radius 1 is 1.08 bits per heavy atom. The van der Waals surface area contributed by atoms with Gasteiger partial charge in [-0.2, -0.15) is 0 Å². The van der Waals surface area contributed by atoms with E-state index in [1.54, 1.807) is 36.4 Å². The van der Waals surface area contributed by atoms with Gasteiger partial charge in [-0.3, -0.25) is 9.10 Å². The predicted octanol–water partition coefficient (Wildman–Crippen LogP) is 4.04. The Hall–Kier alpha value is -2.05. The second kappa shape index (κ2) is 7.68. The molecule has 0 bridgehead atoms. The maximum absolute atomic E-state index is 12.5. The molecular weight excluding hydrogens is 372 g/mol. The topological polar surface area (TPSA) is 66.5 Å². The number of halogens is 1. The number of sulfonamides is 1. The first-order chi connectivity index (χ1) is 12.0. The SMILES string of the molecule is CC(C)(C)c1ccccc1N(CC(=O)Nc1ccccc1Cl)S(C)(=O)=O. The zero-order valence-electron chi connectivity index (χ0n) is 15.3. The Balaban J connectivity index is 2.36. The number of nitrogens with zero attached hydrogens (tertiary/aromatic N) is 1. The molecule has 0 spiro atoms. The van der Waals surface area contributed by atoms with E-state index in [4.69, 9.17) is 11.6 Å². The van der Waals surface area contributed by atoms with Gasteiger partial charge in [-0.05, 0) is 29.2 Å². The summed E-state index contributed by atoms with van der Waals surface area (Å²) in [6, 6.07) is 14.0. The van der Waals surface area contributed by atoms with Crippen molar-refractivity contribution in [3.63, 3.8) is 0 Å². The van der Waals surface area contributed by atoms with E-state index in [9.17, 15) is 13.2 Å². The van der Waals surface area contributed by atoms with E-state index in [0.29, 0.717) is 16.4 Å². The minimum atomic E-state index is -3.66. The number of anilines is 2. The highest BCUT2D eigenvalue weighted by atomic mass is 35.5. The minimum Gasteiger partial charge on any atom is -0.323 e. The smallest absolute Gasteiger partial charge is 0.245 e. The maximum atomic E-state index is 12.5. The molecule has 0 atom stereocenters. The summed E-state index contributed by atoms with van der Waals surface area (Å²) in [4.78, 5) is 12.5. The highest BCUT2D eigenvalue weighted by molar-refractivity contribution is 7.92. The largest absolute Gasteiger partial charge is 0.323 e. The van der Waals surface area contributed by atoms with Crippen LogP contribution in [-0.4, -0.2) is 27.1 Å². The van der Waals surface area contributed by atoms with E-state index in [-0.39, 0.29) is 12.0 Å². The molecular formula is C19H23ClN2O3S. The molecule has 1 N–H and O–H groups in total. The summed E-state index contributed by atoms with van der Waals surface area (Å²) in [6.45, 7) is 5.65. The van der Waals surface area contributed by atoms with Gasteiger partial charge in [0.05, 0.1) is 22.7 Å². The Labute approximate surface area is 160 Å². The third-order valence-corrected chi connectivity index (χ3v) is 5.27. The van der Waals surface area contributed by atoms with Crippen molar-refractivity contribution in [3.8, 4) is 0 Å². The van der Waals surface area contributed by atoms with Gasteiger partial charge in [0.15, 0.2) is 0 Å². The molecule has 2 rings (SSSR count). The number of para-hydroxylation sites is 2. The predicted molar refractivity (Wildman–Crippen MR) is 107 cm³/mol. The summed E-state index contributed by atoms with van der Waals surface area (Å²) in [6.07, 6.45) is 1.09. The number of rotatable bonds is 5. The van der Waals surface area contributed by atoms with Gasteiger partial charge in [0, 0.05) is 0 Å². The first kappa shape index (κ1) is 20.3. The molecule has 0 aliphatic carbocycles. The first-order valence-corrected chi connectivity index (χ1v) is 10.3. The summed E-state index contributed by atoms with van der Waals surface area (Å²) < 4.78 is 25.9. The number of hydrogen-bond donors (Lipinski definition) is 1. The molecule has 26 heavy (non-hydrogen) atoms. The van der Waals surface area contributed by atoms with Crippen molar-refractivity contribution in [3.05, 3.63) is 59.1 Å². The number of amides is 1. The molecule has 0 unspecified atom stereocenters. The lowest BCUT2D eigenvalue weighted by Crippen LogP contribution is -2.38.